The van der Waals surface area contributed by atoms with Crippen molar-refractivity contribution < 1.29 is 13.9 Å². The van der Waals surface area contributed by atoms with E-state index in [1.54, 1.807) is 37.2 Å². The van der Waals surface area contributed by atoms with E-state index in [0.29, 0.717) is 49.1 Å². The third-order valence-corrected chi connectivity index (χ3v) is 5.18. The molecule has 0 bridgehead atoms. The van der Waals surface area contributed by atoms with Crippen LogP contribution in [0.4, 0.5) is 16.2 Å². The number of morpholine rings is 1. The lowest BCUT2D eigenvalue weighted by Gasteiger charge is -2.27. The number of halogens is 1. The van der Waals surface area contributed by atoms with Gasteiger partial charge in [0.25, 0.3) is 5.91 Å². The van der Waals surface area contributed by atoms with E-state index >= 15 is 4.39 Å². The van der Waals surface area contributed by atoms with Crippen LogP contribution in [0.5, 0.6) is 0 Å². The van der Waals surface area contributed by atoms with Crippen molar-refractivity contribution in [2.24, 2.45) is 0 Å². The highest BCUT2D eigenvalue weighted by Crippen LogP contribution is 2.35. The first kappa shape index (κ1) is 20.7. The van der Waals surface area contributed by atoms with Gasteiger partial charge in [-0.2, -0.15) is 0 Å². The van der Waals surface area contributed by atoms with Crippen LogP contribution in [0, 0.1) is 12.7 Å². The minimum absolute atomic E-state index is 0.0453. The molecule has 1 aliphatic heterocycles. The van der Waals surface area contributed by atoms with Gasteiger partial charge in [-0.25, -0.2) is 19.3 Å². The standard InChI is InChI=1S/C22H23FN6O2/c1-13-19(15-4-6-18(25-2)26-12-15)20(28-22(24)27-13)16-5-3-14(11-17(16)23)21(30)29-7-9-31-10-8-29/h3-6,11-12H,7-10H2,1-2H3,(H,25,26)(H2,24,27,28). The number of ether oxygens (including phenoxy) is 1. The van der Waals surface area contributed by atoms with Crippen molar-refractivity contribution in [3.63, 3.8) is 0 Å². The van der Waals surface area contributed by atoms with Crippen molar-refractivity contribution >= 4 is 17.7 Å². The number of amides is 1. The van der Waals surface area contributed by atoms with Crippen molar-refractivity contribution in [1.29, 1.82) is 0 Å². The predicted octanol–water partition coefficient (Wildman–Crippen LogP) is 2.75. The van der Waals surface area contributed by atoms with E-state index in [4.69, 9.17) is 10.5 Å². The van der Waals surface area contributed by atoms with Gasteiger partial charge in [-0.15, -0.1) is 0 Å². The Bertz CT molecular complexity index is 1110. The molecule has 1 fully saturated rings. The molecule has 1 saturated heterocycles. The summed E-state index contributed by atoms with van der Waals surface area (Å²) in [6.07, 6.45) is 1.67. The summed E-state index contributed by atoms with van der Waals surface area (Å²) in [7, 11) is 1.78. The molecule has 0 radical (unpaired) electrons. The Hall–Kier alpha value is -3.59. The highest BCUT2D eigenvalue weighted by molar-refractivity contribution is 5.95. The first-order valence-electron chi connectivity index (χ1n) is 9.93. The molecule has 31 heavy (non-hydrogen) atoms. The number of nitrogens with two attached hydrogens (primary N) is 1. The van der Waals surface area contributed by atoms with Gasteiger partial charge in [-0.05, 0) is 37.3 Å². The Morgan fingerprint density at radius 3 is 2.61 bits per heavy atom. The molecule has 2 aromatic heterocycles. The highest BCUT2D eigenvalue weighted by atomic mass is 19.1. The number of aryl methyl sites for hydroxylation is 1. The second-order valence-electron chi connectivity index (χ2n) is 7.17. The smallest absolute Gasteiger partial charge is 0.254 e. The fourth-order valence-corrected chi connectivity index (χ4v) is 3.61. The van der Waals surface area contributed by atoms with Gasteiger partial charge in [0.2, 0.25) is 5.95 Å². The number of pyridine rings is 1. The summed E-state index contributed by atoms with van der Waals surface area (Å²) in [5.41, 5.74) is 8.72. The zero-order valence-corrected chi connectivity index (χ0v) is 17.4. The summed E-state index contributed by atoms with van der Waals surface area (Å²) in [4.78, 5) is 27.3. The first-order valence-corrected chi connectivity index (χ1v) is 9.93. The summed E-state index contributed by atoms with van der Waals surface area (Å²) < 4.78 is 20.5. The molecular weight excluding hydrogens is 399 g/mol. The van der Waals surface area contributed by atoms with E-state index in [1.165, 1.54) is 6.07 Å². The van der Waals surface area contributed by atoms with Gasteiger partial charge in [-0.1, -0.05) is 0 Å². The molecule has 0 unspecified atom stereocenters. The summed E-state index contributed by atoms with van der Waals surface area (Å²) in [5.74, 6) is -0.0303. The van der Waals surface area contributed by atoms with Crippen molar-refractivity contribution in [3.8, 4) is 22.4 Å². The molecule has 0 atom stereocenters. The lowest BCUT2D eigenvalue weighted by atomic mass is 9.97. The van der Waals surface area contributed by atoms with E-state index in [1.807, 2.05) is 12.1 Å². The van der Waals surface area contributed by atoms with Crippen LogP contribution < -0.4 is 11.1 Å². The average Bonchev–Trinajstić information content (AvgIpc) is 2.79. The Kier molecular flexibility index (Phi) is 5.77. The number of carbonyl (C=O) groups is 1. The zero-order chi connectivity index (χ0) is 22.0. The fraction of sp³-hybridized carbons (Fsp3) is 0.273. The predicted molar refractivity (Wildman–Crippen MR) is 116 cm³/mol. The number of hydrogen-bond donors (Lipinski definition) is 2. The quantitative estimate of drug-likeness (QED) is 0.666. The van der Waals surface area contributed by atoms with Gasteiger partial charge < -0.3 is 20.7 Å². The maximum atomic E-state index is 15.2. The van der Waals surface area contributed by atoms with E-state index in [-0.39, 0.29) is 23.0 Å². The lowest BCUT2D eigenvalue weighted by molar-refractivity contribution is 0.0302. The maximum absolute atomic E-state index is 15.2. The molecule has 4 rings (SSSR count). The monoisotopic (exact) mass is 422 g/mol. The fourth-order valence-electron chi connectivity index (χ4n) is 3.61. The van der Waals surface area contributed by atoms with Crippen LogP contribution in [0.2, 0.25) is 0 Å². The average molecular weight is 422 g/mol. The van der Waals surface area contributed by atoms with Crippen LogP contribution >= 0.6 is 0 Å². The van der Waals surface area contributed by atoms with E-state index in [9.17, 15) is 4.79 Å². The molecule has 0 saturated carbocycles. The topological polar surface area (TPSA) is 106 Å². The van der Waals surface area contributed by atoms with Crippen molar-refractivity contribution in [1.82, 2.24) is 19.9 Å². The third kappa shape index (κ3) is 4.17. The number of nitrogens with one attached hydrogen (secondary N) is 1. The van der Waals surface area contributed by atoms with Crippen molar-refractivity contribution in [2.45, 2.75) is 6.92 Å². The van der Waals surface area contributed by atoms with Gasteiger partial charge >= 0.3 is 0 Å². The molecule has 0 spiro atoms. The highest BCUT2D eigenvalue weighted by Gasteiger charge is 2.22. The molecule has 3 aromatic rings. The normalized spacial score (nSPS) is 13.8. The van der Waals surface area contributed by atoms with Crippen LogP contribution in [0.15, 0.2) is 36.5 Å². The Balaban J connectivity index is 1.76. The number of benzene rings is 1. The van der Waals surface area contributed by atoms with Crippen molar-refractivity contribution in [3.05, 3.63) is 53.6 Å². The maximum Gasteiger partial charge on any atom is 0.254 e. The first-order chi connectivity index (χ1) is 15.0. The van der Waals surface area contributed by atoms with Crippen LogP contribution in [-0.4, -0.2) is 59.1 Å². The molecular formula is C22H23FN6O2. The SMILES string of the molecule is CNc1ccc(-c2c(C)nc(N)nc2-c2ccc(C(=O)N3CCOCC3)cc2F)cn1. The summed E-state index contributed by atoms with van der Waals surface area (Å²) >= 11 is 0. The van der Waals surface area contributed by atoms with E-state index in [0.717, 1.165) is 5.56 Å². The molecule has 0 aliphatic carbocycles. The molecule has 3 heterocycles. The van der Waals surface area contributed by atoms with E-state index < -0.39 is 5.82 Å². The number of hydrogen-bond acceptors (Lipinski definition) is 7. The van der Waals surface area contributed by atoms with Crippen LogP contribution in [0.1, 0.15) is 16.1 Å². The molecule has 9 heteroatoms. The third-order valence-electron chi connectivity index (χ3n) is 5.18. The molecule has 3 N–H and O–H groups in total. The van der Waals surface area contributed by atoms with Gasteiger partial charge in [-0.3, -0.25) is 4.79 Å². The lowest BCUT2D eigenvalue weighted by Crippen LogP contribution is -2.40. The zero-order valence-electron chi connectivity index (χ0n) is 17.4. The van der Waals surface area contributed by atoms with Gasteiger partial charge in [0, 0.05) is 48.6 Å². The number of rotatable bonds is 4. The van der Waals surface area contributed by atoms with E-state index in [2.05, 4.69) is 20.3 Å². The second kappa shape index (κ2) is 8.65. The van der Waals surface area contributed by atoms with Gasteiger partial charge in [0.1, 0.15) is 11.6 Å². The van der Waals surface area contributed by atoms with Crippen LogP contribution in [0.3, 0.4) is 0 Å². The van der Waals surface area contributed by atoms with Gasteiger partial charge in [0.15, 0.2) is 0 Å². The summed E-state index contributed by atoms with van der Waals surface area (Å²) in [6, 6.07) is 8.08. The number of nitrogens with zero attached hydrogens (tertiary/aromatic N) is 4. The molecule has 1 aliphatic rings. The Labute approximate surface area is 179 Å². The van der Waals surface area contributed by atoms with Crippen LogP contribution in [-0.2, 0) is 4.74 Å². The minimum atomic E-state index is -0.558. The molecule has 8 nitrogen and oxygen atoms in total. The Morgan fingerprint density at radius 2 is 1.97 bits per heavy atom. The number of aromatic nitrogens is 3. The second-order valence-corrected chi connectivity index (χ2v) is 7.17. The molecule has 1 aromatic carbocycles. The number of anilines is 2. The van der Waals surface area contributed by atoms with Gasteiger partial charge in [0.05, 0.1) is 24.6 Å². The van der Waals surface area contributed by atoms with Crippen LogP contribution in [0.25, 0.3) is 22.4 Å². The Morgan fingerprint density at radius 1 is 1.19 bits per heavy atom. The van der Waals surface area contributed by atoms with Crippen molar-refractivity contribution in [2.75, 3.05) is 44.4 Å². The largest absolute Gasteiger partial charge is 0.378 e. The summed E-state index contributed by atoms with van der Waals surface area (Å²) in [5, 5.41) is 2.96. The molecule has 1 amide bonds. The molecule has 160 valence electrons. The number of nitrogen functional groups attached to an aromatic ring is 1. The summed E-state index contributed by atoms with van der Waals surface area (Å²) in [6.45, 7) is 3.73. The minimum Gasteiger partial charge on any atom is -0.378 e. The number of carbonyl (C=O) groups excluding carboxylic acids is 1.